The molecule has 2 fully saturated rings. The van der Waals surface area contributed by atoms with E-state index in [0.717, 1.165) is 40.6 Å². The summed E-state index contributed by atoms with van der Waals surface area (Å²) in [5.74, 6) is 0.856. The molecular formula is C20H28BrN3O2. The molecule has 0 radical (unpaired) electrons. The van der Waals surface area contributed by atoms with E-state index >= 15 is 0 Å². The van der Waals surface area contributed by atoms with Gasteiger partial charge in [0, 0.05) is 28.0 Å². The number of hydrogen-bond donors (Lipinski definition) is 1. The van der Waals surface area contributed by atoms with Crippen LogP contribution in [0.3, 0.4) is 0 Å². The number of ether oxygens (including phenoxy) is 2. The van der Waals surface area contributed by atoms with Gasteiger partial charge in [-0.15, -0.1) is 0 Å². The summed E-state index contributed by atoms with van der Waals surface area (Å²) in [7, 11) is 0. The third-order valence-corrected chi connectivity index (χ3v) is 6.73. The second kappa shape index (κ2) is 6.21. The van der Waals surface area contributed by atoms with Gasteiger partial charge in [-0.05, 0) is 31.4 Å². The predicted octanol–water partition coefficient (Wildman–Crippen LogP) is 4.64. The molecule has 2 aromatic rings. The van der Waals surface area contributed by atoms with Crippen LogP contribution < -0.4 is 10.5 Å². The second-order valence-corrected chi connectivity index (χ2v) is 9.78. The van der Waals surface area contributed by atoms with Gasteiger partial charge in [0.05, 0.1) is 17.1 Å². The van der Waals surface area contributed by atoms with Gasteiger partial charge < -0.3 is 15.2 Å². The van der Waals surface area contributed by atoms with Crippen molar-refractivity contribution >= 4 is 26.8 Å². The molecule has 1 saturated carbocycles. The lowest BCUT2D eigenvalue weighted by Gasteiger charge is -2.61. The molecule has 1 aliphatic heterocycles. The number of rotatable bonds is 3. The molecule has 26 heavy (non-hydrogen) atoms. The van der Waals surface area contributed by atoms with E-state index in [-0.39, 0.29) is 29.2 Å². The van der Waals surface area contributed by atoms with Crippen molar-refractivity contribution in [2.24, 2.45) is 16.6 Å². The molecule has 2 heterocycles. The van der Waals surface area contributed by atoms with Crippen LogP contribution >= 0.6 is 15.9 Å². The van der Waals surface area contributed by atoms with Crippen molar-refractivity contribution in [2.75, 3.05) is 6.61 Å². The van der Waals surface area contributed by atoms with E-state index in [4.69, 9.17) is 15.2 Å². The summed E-state index contributed by atoms with van der Waals surface area (Å²) in [4.78, 5) is 0. The lowest BCUT2D eigenvalue weighted by molar-refractivity contribution is -0.154. The number of nitrogens with zero attached hydrogens (tertiary/aromatic N) is 2. The zero-order valence-corrected chi connectivity index (χ0v) is 17.5. The smallest absolute Gasteiger partial charge is 0.150 e. The van der Waals surface area contributed by atoms with Crippen LogP contribution in [-0.2, 0) is 4.74 Å². The van der Waals surface area contributed by atoms with Crippen LogP contribution in [0.1, 0.15) is 53.2 Å². The van der Waals surface area contributed by atoms with Gasteiger partial charge in [-0.25, -0.2) is 4.68 Å². The maximum absolute atomic E-state index is 6.54. The van der Waals surface area contributed by atoms with Crippen LogP contribution in [-0.4, -0.2) is 28.5 Å². The first-order valence-electron chi connectivity index (χ1n) is 9.43. The highest BCUT2D eigenvalue weighted by molar-refractivity contribution is 9.10. The lowest BCUT2D eigenvalue weighted by atomic mass is 9.50. The predicted molar refractivity (Wildman–Crippen MR) is 106 cm³/mol. The topological polar surface area (TPSA) is 62.3 Å². The molecule has 6 heteroatoms. The van der Waals surface area contributed by atoms with E-state index in [1.807, 2.05) is 16.9 Å². The minimum atomic E-state index is -0.0688. The number of hydrogen-bond acceptors (Lipinski definition) is 4. The first-order chi connectivity index (χ1) is 12.2. The SMILES string of the molecule is CC1(C)C(N)C(C)(C)C1Oc1cc(Br)cc2c1cnn2C1CCCCO1. The van der Waals surface area contributed by atoms with Gasteiger partial charge >= 0.3 is 0 Å². The quantitative estimate of drug-likeness (QED) is 0.783. The van der Waals surface area contributed by atoms with Gasteiger partial charge in [-0.2, -0.15) is 5.10 Å². The molecule has 1 saturated heterocycles. The average Bonchev–Trinajstić information content (AvgIpc) is 3.03. The summed E-state index contributed by atoms with van der Waals surface area (Å²) in [6.45, 7) is 9.53. The first kappa shape index (κ1) is 18.3. The summed E-state index contributed by atoms with van der Waals surface area (Å²) in [6, 6.07) is 4.24. The van der Waals surface area contributed by atoms with Crippen molar-refractivity contribution in [3.05, 3.63) is 22.8 Å². The highest BCUT2D eigenvalue weighted by Gasteiger charge is 2.62. The van der Waals surface area contributed by atoms with Crippen LogP contribution in [0, 0.1) is 10.8 Å². The van der Waals surface area contributed by atoms with Gasteiger partial charge in [0.25, 0.3) is 0 Å². The third-order valence-electron chi connectivity index (χ3n) is 6.27. The summed E-state index contributed by atoms with van der Waals surface area (Å²) in [5.41, 5.74) is 7.30. The molecule has 2 aliphatic rings. The summed E-state index contributed by atoms with van der Waals surface area (Å²) in [6.07, 6.45) is 5.25. The monoisotopic (exact) mass is 421 g/mol. The van der Waals surface area contributed by atoms with Crippen LogP contribution in [0.4, 0.5) is 0 Å². The zero-order chi connectivity index (χ0) is 18.7. The van der Waals surface area contributed by atoms with Crippen molar-refractivity contribution in [1.29, 1.82) is 0 Å². The number of nitrogens with two attached hydrogens (primary N) is 1. The molecule has 0 amide bonds. The molecule has 1 aliphatic carbocycles. The average molecular weight is 422 g/mol. The Kier molecular flexibility index (Phi) is 4.36. The fraction of sp³-hybridized carbons (Fsp3) is 0.650. The van der Waals surface area contributed by atoms with Crippen molar-refractivity contribution < 1.29 is 9.47 Å². The summed E-state index contributed by atoms with van der Waals surface area (Å²) >= 11 is 3.64. The van der Waals surface area contributed by atoms with Crippen molar-refractivity contribution in [2.45, 2.75) is 65.3 Å². The van der Waals surface area contributed by atoms with Gasteiger partial charge in [0.15, 0.2) is 6.23 Å². The zero-order valence-electron chi connectivity index (χ0n) is 16.0. The molecule has 1 unspecified atom stereocenters. The van der Waals surface area contributed by atoms with E-state index in [1.165, 1.54) is 6.42 Å². The fourth-order valence-corrected chi connectivity index (χ4v) is 5.33. The molecule has 1 atom stereocenters. The Morgan fingerprint density at radius 1 is 1.23 bits per heavy atom. The van der Waals surface area contributed by atoms with Crippen LogP contribution in [0.15, 0.2) is 22.8 Å². The molecule has 0 spiro atoms. The van der Waals surface area contributed by atoms with Crippen LogP contribution in [0.25, 0.3) is 10.9 Å². The summed E-state index contributed by atoms with van der Waals surface area (Å²) in [5, 5.41) is 5.65. The fourth-order valence-electron chi connectivity index (χ4n) is 4.90. The largest absolute Gasteiger partial charge is 0.488 e. The molecule has 142 valence electrons. The molecule has 5 nitrogen and oxygen atoms in total. The van der Waals surface area contributed by atoms with Gasteiger partial charge in [0.1, 0.15) is 11.9 Å². The van der Waals surface area contributed by atoms with Crippen molar-refractivity contribution in [1.82, 2.24) is 9.78 Å². The van der Waals surface area contributed by atoms with E-state index in [0.29, 0.717) is 0 Å². The molecule has 1 aromatic heterocycles. The molecule has 1 aromatic carbocycles. The van der Waals surface area contributed by atoms with Gasteiger partial charge in [-0.3, -0.25) is 0 Å². The Labute approximate surface area is 163 Å². The maximum atomic E-state index is 6.54. The number of fused-ring (bicyclic) bond motifs is 1. The van der Waals surface area contributed by atoms with Crippen LogP contribution in [0.5, 0.6) is 5.75 Å². The van der Waals surface area contributed by atoms with Gasteiger partial charge in [0.2, 0.25) is 0 Å². The van der Waals surface area contributed by atoms with Crippen molar-refractivity contribution in [3.8, 4) is 5.75 Å². The first-order valence-corrected chi connectivity index (χ1v) is 10.2. The van der Waals surface area contributed by atoms with Crippen molar-refractivity contribution in [3.63, 3.8) is 0 Å². The number of halogens is 1. The molecular weight excluding hydrogens is 394 g/mol. The Morgan fingerprint density at radius 2 is 1.96 bits per heavy atom. The molecule has 0 bridgehead atoms. The minimum absolute atomic E-state index is 0.00778. The van der Waals surface area contributed by atoms with E-state index in [2.05, 4.69) is 54.8 Å². The Balaban J connectivity index is 1.71. The van der Waals surface area contributed by atoms with E-state index in [1.54, 1.807) is 0 Å². The van der Waals surface area contributed by atoms with E-state index in [9.17, 15) is 0 Å². The Morgan fingerprint density at radius 3 is 2.62 bits per heavy atom. The standard InChI is InChI=1S/C20H28BrN3O2/c1-19(2)17(22)20(3,4)18(19)26-15-10-12(21)9-14-13(15)11-23-24(14)16-7-5-6-8-25-16/h9-11,16-18H,5-8,22H2,1-4H3. The Hall–Kier alpha value is -1.11. The summed E-state index contributed by atoms with van der Waals surface area (Å²) < 4.78 is 15.5. The third kappa shape index (κ3) is 2.69. The lowest BCUT2D eigenvalue weighted by Crippen LogP contribution is -2.72. The van der Waals surface area contributed by atoms with Crippen LogP contribution in [0.2, 0.25) is 0 Å². The highest BCUT2D eigenvalue weighted by Crippen LogP contribution is 2.54. The molecule has 2 N–H and O–H groups in total. The normalized spacial score (nSPS) is 30.2. The maximum Gasteiger partial charge on any atom is 0.150 e. The molecule has 4 rings (SSSR count). The van der Waals surface area contributed by atoms with Gasteiger partial charge in [-0.1, -0.05) is 43.6 Å². The van der Waals surface area contributed by atoms with E-state index < -0.39 is 0 Å². The minimum Gasteiger partial charge on any atom is -0.488 e. The Bertz CT molecular complexity index is 808. The number of benzene rings is 1. The second-order valence-electron chi connectivity index (χ2n) is 8.87. The highest BCUT2D eigenvalue weighted by atomic mass is 79.9. The number of aromatic nitrogens is 2.